The SMILES string of the molecule is CCc1sc(C)nc1-c1ccc(Cl)cc1. The molecule has 0 aliphatic heterocycles. The van der Waals surface area contributed by atoms with Gasteiger partial charge in [0.25, 0.3) is 0 Å². The molecule has 0 atom stereocenters. The highest BCUT2D eigenvalue weighted by molar-refractivity contribution is 7.12. The van der Waals surface area contributed by atoms with Crippen LogP contribution in [0.2, 0.25) is 5.02 Å². The van der Waals surface area contributed by atoms with Gasteiger partial charge in [-0.05, 0) is 25.5 Å². The Bertz CT molecular complexity index is 459. The van der Waals surface area contributed by atoms with Crippen LogP contribution < -0.4 is 0 Å². The van der Waals surface area contributed by atoms with Gasteiger partial charge in [0.15, 0.2) is 0 Å². The third-order valence-electron chi connectivity index (χ3n) is 2.24. The predicted octanol–water partition coefficient (Wildman–Crippen LogP) is 4.33. The summed E-state index contributed by atoms with van der Waals surface area (Å²) in [5.74, 6) is 0. The molecule has 15 heavy (non-hydrogen) atoms. The van der Waals surface area contributed by atoms with Crippen LogP contribution in [-0.2, 0) is 6.42 Å². The van der Waals surface area contributed by atoms with Crippen molar-refractivity contribution in [2.24, 2.45) is 0 Å². The molecular weight excluding hydrogens is 226 g/mol. The number of hydrogen-bond donors (Lipinski definition) is 0. The van der Waals surface area contributed by atoms with Gasteiger partial charge in [0.2, 0.25) is 0 Å². The molecule has 0 aliphatic carbocycles. The maximum atomic E-state index is 5.86. The molecule has 0 saturated carbocycles. The molecule has 0 aliphatic rings. The summed E-state index contributed by atoms with van der Waals surface area (Å²) in [7, 11) is 0. The van der Waals surface area contributed by atoms with Gasteiger partial charge in [0.1, 0.15) is 0 Å². The fourth-order valence-electron chi connectivity index (χ4n) is 1.54. The molecule has 0 N–H and O–H groups in total. The molecule has 0 unspecified atom stereocenters. The summed E-state index contributed by atoms with van der Waals surface area (Å²) in [6, 6.07) is 7.86. The first-order chi connectivity index (χ1) is 7.20. The Morgan fingerprint density at radius 2 is 1.93 bits per heavy atom. The van der Waals surface area contributed by atoms with Crippen molar-refractivity contribution in [2.75, 3.05) is 0 Å². The van der Waals surface area contributed by atoms with E-state index in [1.165, 1.54) is 4.88 Å². The number of halogens is 1. The van der Waals surface area contributed by atoms with Crippen LogP contribution in [0.4, 0.5) is 0 Å². The molecule has 0 spiro atoms. The topological polar surface area (TPSA) is 12.9 Å². The van der Waals surface area contributed by atoms with Crippen LogP contribution in [0.1, 0.15) is 16.8 Å². The second-order valence-electron chi connectivity index (χ2n) is 3.37. The third-order valence-corrected chi connectivity index (χ3v) is 3.61. The first-order valence-electron chi connectivity index (χ1n) is 4.93. The number of hydrogen-bond acceptors (Lipinski definition) is 2. The highest BCUT2D eigenvalue weighted by Gasteiger charge is 2.08. The molecule has 2 aromatic rings. The maximum Gasteiger partial charge on any atom is 0.0904 e. The normalized spacial score (nSPS) is 10.6. The Hall–Kier alpha value is -0.860. The third kappa shape index (κ3) is 2.21. The quantitative estimate of drug-likeness (QED) is 0.758. The number of aromatic nitrogens is 1. The van der Waals surface area contributed by atoms with E-state index in [1.54, 1.807) is 11.3 Å². The average Bonchev–Trinajstić information content (AvgIpc) is 2.61. The molecule has 1 aromatic heterocycles. The van der Waals surface area contributed by atoms with Crippen molar-refractivity contribution >= 4 is 22.9 Å². The first kappa shape index (κ1) is 10.7. The van der Waals surface area contributed by atoms with E-state index >= 15 is 0 Å². The lowest BCUT2D eigenvalue weighted by atomic mass is 10.1. The number of benzene rings is 1. The van der Waals surface area contributed by atoms with Crippen molar-refractivity contribution in [2.45, 2.75) is 20.3 Å². The standard InChI is InChI=1S/C12H12ClNS/c1-3-11-12(14-8(2)15-11)9-4-6-10(13)7-5-9/h4-7H,3H2,1-2H3. The molecule has 1 nitrogen and oxygen atoms in total. The Kier molecular flexibility index (Phi) is 3.08. The van der Waals surface area contributed by atoms with Crippen molar-refractivity contribution < 1.29 is 0 Å². The van der Waals surface area contributed by atoms with E-state index in [1.807, 2.05) is 31.2 Å². The lowest BCUT2D eigenvalue weighted by molar-refractivity contribution is 1.16. The molecule has 0 saturated heterocycles. The molecule has 2 rings (SSSR count). The van der Waals surface area contributed by atoms with Crippen LogP contribution in [0.5, 0.6) is 0 Å². The van der Waals surface area contributed by atoms with Gasteiger partial charge in [-0.25, -0.2) is 4.98 Å². The second kappa shape index (κ2) is 4.33. The lowest BCUT2D eigenvalue weighted by Crippen LogP contribution is -1.83. The predicted molar refractivity (Wildman–Crippen MR) is 66.7 cm³/mol. The van der Waals surface area contributed by atoms with Gasteiger partial charge in [-0.3, -0.25) is 0 Å². The Labute approximate surface area is 98.7 Å². The molecule has 1 heterocycles. The highest BCUT2D eigenvalue weighted by atomic mass is 35.5. The Morgan fingerprint density at radius 3 is 2.53 bits per heavy atom. The van der Waals surface area contributed by atoms with E-state index in [0.717, 1.165) is 27.7 Å². The molecule has 1 aromatic carbocycles. The minimum atomic E-state index is 0.767. The van der Waals surface area contributed by atoms with E-state index < -0.39 is 0 Å². The van der Waals surface area contributed by atoms with Crippen molar-refractivity contribution in [3.05, 3.63) is 39.2 Å². The number of nitrogens with zero attached hydrogens (tertiary/aromatic N) is 1. The number of rotatable bonds is 2. The molecule has 0 radical (unpaired) electrons. The average molecular weight is 238 g/mol. The first-order valence-corrected chi connectivity index (χ1v) is 6.12. The minimum absolute atomic E-state index is 0.767. The van der Waals surface area contributed by atoms with Gasteiger partial charge in [0, 0.05) is 15.5 Å². The van der Waals surface area contributed by atoms with E-state index in [9.17, 15) is 0 Å². The van der Waals surface area contributed by atoms with Crippen molar-refractivity contribution in [1.82, 2.24) is 4.98 Å². The molecule has 3 heteroatoms. The minimum Gasteiger partial charge on any atom is -0.241 e. The summed E-state index contributed by atoms with van der Waals surface area (Å²) in [5, 5.41) is 1.89. The fourth-order valence-corrected chi connectivity index (χ4v) is 2.57. The molecule has 0 amide bonds. The van der Waals surface area contributed by atoms with Crippen molar-refractivity contribution in [3.8, 4) is 11.3 Å². The van der Waals surface area contributed by atoms with Gasteiger partial charge in [0.05, 0.1) is 10.7 Å². The van der Waals surface area contributed by atoms with Crippen molar-refractivity contribution in [3.63, 3.8) is 0 Å². The zero-order valence-electron chi connectivity index (χ0n) is 8.75. The van der Waals surface area contributed by atoms with Crippen LogP contribution >= 0.6 is 22.9 Å². The van der Waals surface area contributed by atoms with Crippen LogP contribution in [0.25, 0.3) is 11.3 Å². The van der Waals surface area contributed by atoms with Crippen molar-refractivity contribution in [1.29, 1.82) is 0 Å². The van der Waals surface area contributed by atoms with E-state index in [2.05, 4.69) is 11.9 Å². The van der Waals surface area contributed by atoms with E-state index in [4.69, 9.17) is 11.6 Å². The number of thiazole rings is 1. The smallest absolute Gasteiger partial charge is 0.0904 e. The maximum absolute atomic E-state index is 5.86. The summed E-state index contributed by atoms with van der Waals surface area (Å²) in [5.41, 5.74) is 2.26. The van der Waals surface area contributed by atoms with Gasteiger partial charge < -0.3 is 0 Å². The highest BCUT2D eigenvalue weighted by Crippen LogP contribution is 2.29. The van der Waals surface area contributed by atoms with Crippen LogP contribution in [-0.4, -0.2) is 4.98 Å². The summed E-state index contributed by atoms with van der Waals surface area (Å²) < 4.78 is 0. The Balaban J connectivity index is 2.48. The van der Waals surface area contributed by atoms with Gasteiger partial charge in [-0.2, -0.15) is 0 Å². The fraction of sp³-hybridized carbons (Fsp3) is 0.250. The van der Waals surface area contributed by atoms with E-state index in [-0.39, 0.29) is 0 Å². The number of aryl methyl sites for hydroxylation is 2. The molecular formula is C12H12ClNS. The summed E-state index contributed by atoms with van der Waals surface area (Å²) in [4.78, 5) is 5.90. The zero-order valence-corrected chi connectivity index (χ0v) is 10.3. The van der Waals surface area contributed by atoms with Crippen LogP contribution in [0, 0.1) is 6.92 Å². The van der Waals surface area contributed by atoms with Gasteiger partial charge in [-0.15, -0.1) is 11.3 Å². The summed E-state index contributed by atoms with van der Waals surface area (Å²) in [6.07, 6.45) is 1.03. The Morgan fingerprint density at radius 1 is 1.27 bits per heavy atom. The van der Waals surface area contributed by atoms with Crippen LogP contribution in [0.3, 0.4) is 0 Å². The summed E-state index contributed by atoms with van der Waals surface area (Å²) in [6.45, 7) is 4.20. The summed E-state index contributed by atoms with van der Waals surface area (Å²) >= 11 is 7.63. The monoisotopic (exact) mass is 237 g/mol. The second-order valence-corrected chi connectivity index (χ2v) is 5.09. The van der Waals surface area contributed by atoms with Gasteiger partial charge in [-0.1, -0.05) is 30.7 Å². The lowest BCUT2D eigenvalue weighted by Gasteiger charge is -1.99. The van der Waals surface area contributed by atoms with Crippen LogP contribution in [0.15, 0.2) is 24.3 Å². The molecule has 0 bridgehead atoms. The largest absolute Gasteiger partial charge is 0.241 e. The molecule has 0 fully saturated rings. The van der Waals surface area contributed by atoms with E-state index in [0.29, 0.717) is 0 Å². The van der Waals surface area contributed by atoms with Gasteiger partial charge >= 0.3 is 0 Å². The zero-order chi connectivity index (χ0) is 10.8. The molecule has 78 valence electrons.